The summed E-state index contributed by atoms with van der Waals surface area (Å²) in [4.78, 5) is 16.6. The lowest BCUT2D eigenvalue weighted by Gasteiger charge is -2.07. The largest absolute Gasteiger partial charge is 0.321 e. The van der Waals surface area contributed by atoms with Crippen molar-refractivity contribution in [2.45, 2.75) is 5.33 Å². The molecule has 0 fully saturated rings. The number of aromatic nitrogens is 1. The maximum Gasteiger partial charge on any atom is 0.274 e. The minimum absolute atomic E-state index is 0.196. The first kappa shape index (κ1) is 13.8. The molecule has 3 nitrogen and oxygen atoms in total. The van der Waals surface area contributed by atoms with Crippen molar-refractivity contribution < 1.29 is 4.79 Å². The number of pyridine rings is 1. The zero-order valence-electron chi connectivity index (χ0n) is 11.2. The van der Waals surface area contributed by atoms with Crippen LogP contribution in [0.3, 0.4) is 0 Å². The van der Waals surface area contributed by atoms with E-state index in [0.29, 0.717) is 5.69 Å². The zero-order valence-corrected chi connectivity index (χ0v) is 12.8. The number of carbonyl (C=O) groups excluding carboxylic acids is 1. The van der Waals surface area contributed by atoms with Crippen molar-refractivity contribution in [1.29, 1.82) is 0 Å². The number of amides is 1. The zero-order chi connectivity index (χ0) is 14.7. The SMILES string of the molecule is O=C(Nc1ccc(CBr)cc1)c1nccc2ccccc12. The van der Waals surface area contributed by atoms with Gasteiger partial charge < -0.3 is 5.32 Å². The summed E-state index contributed by atoms with van der Waals surface area (Å²) in [5, 5.41) is 5.55. The molecule has 0 aliphatic rings. The summed E-state index contributed by atoms with van der Waals surface area (Å²) in [7, 11) is 0. The van der Waals surface area contributed by atoms with Gasteiger partial charge in [0.15, 0.2) is 0 Å². The molecule has 0 aliphatic heterocycles. The number of fused-ring (bicyclic) bond motifs is 1. The van der Waals surface area contributed by atoms with E-state index in [4.69, 9.17) is 0 Å². The summed E-state index contributed by atoms with van der Waals surface area (Å²) < 4.78 is 0. The number of halogens is 1. The van der Waals surface area contributed by atoms with Gasteiger partial charge in [-0.3, -0.25) is 9.78 Å². The summed E-state index contributed by atoms with van der Waals surface area (Å²) in [6.07, 6.45) is 1.66. The molecule has 4 heteroatoms. The summed E-state index contributed by atoms with van der Waals surface area (Å²) in [5.74, 6) is -0.196. The van der Waals surface area contributed by atoms with E-state index in [2.05, 4.69) is 26.2 Å². The van der Waals surface area contributed by atoms with Gasteiger partial charge in [-0.05, 0) is 29.1 Å². The Bertz CT molecular complexity index is 779. The first-order valence-electron chi connectivity index (χ1n) is 6.58. The number of carbonyl (C=O) groups is 1. The summed E-state index contributed by atoms with van der Waals surface area (Å²) in [6, 6.07) is 17.4. The fourth-order valence-corrected chi connectivity index (χ4v) is 2.54. The number of benzene rings is 2. The molecule has 0 saturated heterocycles. The van der Waals surface area contributed by atoms with Crippen LogP contribution in [0.4, 0.5) is 5.69 Å². The normalized spacial score (nSPS) is 10.5. The highest BCUT2D eigenvalue weighted by molar-refractivity contribution is 9.08. The number of hydrogen-bond donors (Lipinski definition) is 1. The van der Waals surface area contributed by atoms with Gasteiger partial charge in [0.25, 0.3) is 5.91 Å². The van der Waals surface area contributed by atoms with Crippen LogP contribution < -0.4 is 5.32 Å². The van der Waals surface area contributed by atoms with E-state index in [1.807, 2.05) is 54.6 Å². The average molecular weight is 341 g/mol. The van der Waals surface area contributed by atoms with Gasteiger partial charge in [0.2, 0.25) is 0 Å². The molecular formula is C17H13BrN2O. The van der Waals surface area contributed by atoms with Crippen molar-refractivity contribution in [2.75, 3.05) is 5.32 Å². The lowest BCUT2D eigenvalue weighted by molar-refractivity contribution is 0.102. The Kier molecular flexibility index (Phi) is 3.97. The highest BCUT2D eigenvalue weighted by atomic mass is 79.9. The maximum atomic E-state index is 12.4. The van der Waals surface area contributed by atoms with Crippen molar-refractivity contribution in [3.8, 4) is 0 Å². The molecule has 0 saturated carbocycles. The first-order valence-corrected chi connectivity index (χ1v) is 7.70. The Balaban J connectivity index is 1.90. The number of nitrogens with zero attached hydrogens (tertiary/aromatic N) is 1. The van der Waals surface area contributed by atoms with Crippen LogP contribution in [0.25, 0.3) is 10.8 Å². The van der Waals surface area contributed by atoms with Gasteiger partial charge in [-0.25, -0.2) is 0 Å². The number of hydrogen-bond acceptors (Lipinski definition) is 2. The van der Waals surface area contributed by atoms with E-state index in [1.165, 1.54) is 0 Å². The van der Waals surface area contributed by atoms with Crippen LogP contribution in [0, 0.1) is 0 Å². The van der Waals surface area contributed by atoms with Gasteiger partial charge in [0.05, 0.1) is 0 Å². The fourth-order valence-electron chi connectivity index (χ4n) is 2.17. The van der Waals surface area contributed by atoms with Gasteiger partial charge in [-0.15, -0.1) is 0 Å². The summed E-state index contributed by atoms with van der Waals surface area (Å²) in [5.41, 5.74) is 2.37. The molecule has 0 aliphatic carbocycles. The fraction of sp³-hybridized carbons (Fsp3) is 0.0588. The first-order chi connectivity index (χ1) is 10.3. The number of alkyl halides is 1. The van der Waals surface area contributed by atoms with Crippen LogP contribution in [0.2, 0.25) is 0 Å². The Morgan fingerprint density at radius 3 is 2.57 bits per heavy atom. The van der Waals surface area contributed by atoms with Crippen LogP contribution in [0.15, 0.2) is 60.8 Å². The van der Waals surface area contributed by atoms with Crippen molar-refractivity contribution in [3.63, 3.8) is 0 Å². The second-order valence-corrected chi connectivity index (χ2v) is 5.23. The van der Waals surface area contributed by atoms with Crippen LogP contribution in [-0.2, 0) is 5.33 Å². The Morgan fingerprint density at radius 1 is 1.05 bits per heavy atom. The van der Waals surface area contributed by atoms with Gasteiger partial charge in [0.1, 0.15) is 5.69 Å². The topological polar surface area (TPSA) is 42.0 Å². The molecule has 0 bridgehead atoms. The van der Waals surface area contributed by atoms with Gasteiger partial charge in [-0.2, -0.15) is 0 Å². The van der Waals surface area contributed by atoms with Crippen LogP contribution in [0.1, 0.15) is 16.1 Å². The monoisotopic (exact) mass is 340 g/mol. The van der Waals surface area contributed by atoms with E-state index in [0.717, 1.165) is 27.4 Å². The van der Waals surface area contributed by atoms with E-state index in [-0.39, 0.29) is 5.91 Å². The molecule has 1 amide bonds. The molecule has 3 aromatic rings. The van der Waals surface area contributed by atoms with Crippen molar-refractivity contribution in [3.05, 3.63) is 72.1 Å². The minimum Gasteiger partial charge on any atom is -0.321 e. The summed E-state index contributed by atoms with van der Waals surface area (Å²) >= 11 is 3.40. The van der Waals surface area contributed by atoms with Gasteiger partial charge in [0, 0.05) is 22.6 Å². The Labute approximate surface area is 131 Å². The molecule has 2 aromatic carbocycles. The third-order valence-electron chi connectivity index (χ3n) is 3.25. The van der Waals surface area contributed by atoms with Crippen molar-refractivity contribution in [2.24, 2.45) is 0 Å². The average Bonchev–Trinajstić information content (AvgIpc) is 2.55. The molecule has 0 unspecified atom stereocenters. The quantitative estimate of drug-likeness (QED) is 0.718. The molecule has 1 aromatic heterocycles. The van der Waals surface area contributed by atoms with Gasteiger partial charge >= 0.3 is 0 Å². The minimum atomic E-state index is -0.196. The maximum absolute atomic E-state index is 12.4. The molecule has 0 atom stereocenters. The second-order valence-electron chi connectivity index (χ2n) is 4.67. The van der Waals surface area contributed by atoms with Crippen molar-refractivity contribution in [1.82, 2.24) is 4.98 Å². The van der Waals surface area contributed by atoms with Crippen LogP contribution >= 0.6 is 15.9 Å². The lowest BCUT2D eigenvalue weighted by Crippen LogP contribution is -2.14. The predicted molar refractivity (Wildman–Crippen MR) is 88.8 cm³/mol. The molecular weight excluding hydrogens is 328 g/mol. The van der Waals surface area contributed by atoms with Crippen molar-refractivity contribution >= 4 is 38.3 Å². The molecule has 21 heavy (non-hydrogen) atoms. The Morgan fingerprint density at radius 2 is 1.81 bits per heavy atom. The Hall–Kier alpha value is -2.20. The van der Waals surface area contributed by atoms with E-state index in [1.54, 1.807) is 6.20 Å². The van der Waals surface area contributed by atoms with Crippen LogP contribution in [-0.4, -0.2) is 10.9 Å². The number of nitrogens with one attached hydrogen (secondary N) is 1. The van der Waals surface area contributed by atoms with E-state index in [9.17, 15) is 4.79 Å². The molecule has 0 spiro atoms. The lowest BCUT2D eigenvalue weighted by atomic mass is 10.1. The summed E-state index contributed by atoms with van der Waals surface area (Å²) in [6.45, 7) is 0. The molecule has 3 rings (SSSR count). The molecule has 0 radical (unpaired) electrons. The third-order valence-corrected chi connectivity index (χ3v) is 3.90. The molecule has 104 valence electrons. The van der Waals surface area contributed by atoms with E-state index < -0.39 is 0 Å². The predicted octanol–water partition coefficient (Wildman–Crippen LogP) is 4.38. The highest BCUT2D eigenvalue weighted by Gasteiger charge is 2.11. The standard InChI is InChI=1S/C17H13BrN2O/c18-11-12-5-7-14(8-6-12)20-17(21)16-15-4-2-1-3-13(15)9-10-19-16/h1-10H,11H2,(H,20,21). The number of anilines is 1. The van der Waals surface area contributed by atoms with Crippen LogP contribution in [0.5, 0.6) is 0 Å². The molecule has 1 heterocycles. The van der Waals surface area contributed by atoms with Gasteiger partial charge in [-0.1, -0.05) is 52.3 Å². The highest BCUT2D eigenvalue weighted by Crippen LogP contribution is 2.18. The smallest absolute Gasteiger partial charge is 0.274 e. The van der Waals surface area contributed by atoms with E-state index >= 15 is 0 Å². The number of rotatable bonds is 3. The molecule has 1 N–H and O–H groups in total. The third kappa shape index (κ3) is 2.95. The second kappa shape index (κ2) is 6.06.